The molecule has 4 saturated carbocycles. The zero-order chi connectivity index (χ0) is 22.6. The highest BCUT2D eigenvalue weighted by atomic mass is 35.5. The van der Waals surface area contributed by atoms with Crippen molar-refractivity contribution in [3.05, 3.63) is 47.2 Å². The summed E-state index contributed by atoms with van der Waals surface area (Å²) in [6.07, 6.45) is 7.33. The van der Waals surface area contributed by atoms with E-state index >= 15 is 0 Å². The van der Waals surface area contributed by atoms with Gasteiger partial charge in [-0.1, -0.05) is 29.8 Å². The highest BCUT2D eigenvalue weighted by molar-refractivity contribution is 6.33. The molecule has 0 unspecified atom stereocenters. The fourth-order valence-electron chi connectivity index (χ4n) is 6.33. The van der Waals surface area contributed by atoms with E-state index in [1.54, 1.807) is 18.3 Å². The minimum Gasteiger partial charge on any atom is -0.443 e. The van der Waals surface area contributed by atoms with Gasteiger partial charge in [0.25, 0.3) is 5.91 Å². The highest BCUT2D eigenvalue weighted by Gasteiger charge is 2.48. The smallest absolute Gasteiger partial charge is 0.419 e. The van der Waals surface area contributed by atoms with E-state index in [9.17, 15) is 9.59 Å². The van der Waals surface area contributed by atoms with Crippen molar-refractivity contribution in [1.29, 1.82) is 0 Å². The number of hydrogen-bond acceptors (Lipinski definition) is 3. The van der Waals surface area contributed by atoms with Crippen LogP contribution in [0.5, 0.6) is 0 Å². The maximum atomic E-state index is 13.5. The van der Waals surface area contributed by atoms with Crippen molar-refractivity contribution >= 4 is 23.6 Å². The van der Waals surface area contributed by atoms with Gasteiger partial charge in [-0.25, -0.2) is 9.36 Å². The lowest BCUT2D eigenvalue weighted by Crippen LogP contribution is -2.56. The summed E-state index contributed by atoms with van der Waals surface area (Å²) >= 11 is 6.40. The Morgan fingerprint density at radius 2 is 1.66 bits per heavy atom. The van der Waals surface area contributed by atoms with Gasteiger partial charge in [0.1, 0.15) is 11.3 Å². The van der Waals surface area contributed by atoms with Crippen LogP contribution >= 0.6 is 11.6 Å². The van der Waals surface area contributed by atoms with Crippen molar-refractivity contribution < 1.29 is 14.3 Å². The standard InChI is InChI=1S/C26H31ClN2O3/c1-26(2,3)32-25(31)29-14-19(20-6-4-5-7-21(20)27)13-22(29)24(30)28-23-17-9-15-8-16(11-17)12-18(23)10-15/h4-7,13-18,23H,8-12H2,1-3H3,(H,28,30). The molecule has 6 heteroatoms. The lowest BCUT2D eigenvalue weighted by Gasteiger charge is -2.54. The number of carbonyl (C=O) groups excluding carboxylic acids is 2. The normalized spacial score (nSPS) is 28.6. The van der Waals surface area contributed by atoms with Gasteiger partial charge in [-0.15, -0.1) is 0 Å². The van der Waals surface area contributed by atoms with E-state index in [0.29, 0.717) is 22.6 Å². The Labute approximate surface area is 194 Å². The summed E-state index contributed by atoms with van der Waals surface area (Å²) in [5.41, 5.74) is 1.13. The summed E-state index contributed by atoms with van der Waals surface area (Å²) in [5, 5.41) is 3.89. The second kappa shape index (κ2) is 7.95. The van der Waals surface area contributed by atoms with Crippen molar-refractivity contribution in [1.82, 2.24) is 9.88 Å². The molecule has 5 nitrogen and oxygen atoms in total. The quantitative estimate of drug-likeness (QED) is 0.605. The summed E-state index contributed by atoms with van der Waals surface area (Å²) < 4.78 is 6.92. The second-order valence-electron chi connectivity index (χ2n) is 10.9. The number of nitrogens with zero attached hydrogens (tertiary/aromatic N) is 1. The number of hydrogen-bond donors (Lipinski definition) is 1. The molecule has 4 bridgehead atoms. The first-order valence-electron chi connectivity index (χ1n) is 11.7. The number of halogens is 1. The maximum Gasteiger partial charge on any atom is 0.419 e. The maximum absolute atomic E-state index is 13.5. The van der Waals surface area contributed by atoms with E-state index in [0.717, 1.165) is 23.0 Å². The monoisotopic (exact) mass is 454 g/mol. The van der Waals surface area contributed by atoms with Gasteiger partial charge < -0.3 is 10.1 Å². The summed E-state index contributed by atoms with van der Waals surface area (Å²) in [4.78, 5) is 26.5. The van der Waals surface area contributed by atoms with Crippen LogP contribution in [0.1, 0.15) is 63.4 Å². The van der Waals surface area contributed by atoms with Crippen molar-refractivity contribution in [3.63, 3.8) is 0 Å². The van der Waals surface area contributed by atoms with E-state index in [1.807, 2.05) is 39.0 Å². The Kier molecular flexibility index (Phi) is 5.36. The molecule has 1 aromatic carbocycles. The predicted octanol–water partition coefficient (Wildman–Crippen LogP) is 6.15. The number of nitrogens with one attached hydrogen (secondary N) is 1. The van der Waals surface area contributed by atoms with Crippen molar-refractivity contribution in [2.24, 2.45) is 23.7 Å². The fourth-order valence-corrected chi connectivity index (χ4v) is 6.57. The molecule has 4 aliphatic carbocycles. The molecule has 0 radical (unpaired) electrons. The zero-order valence-corrected chi connectivity index (χ0v) is 19.7. The van der Waals surface area contributed by atoms with E-state index in [-0.39, 0.29) is 11.9 Å². The Morgan fingerprint density at radius 1 is 1.03 bits per heavy atom. The van der Waals surface area contributed by atoms with Crippen molar-refractivity contribution in [2.45, 2.75) is 64.5 Å². The van der Waals surface area contributed by atoms with Gasteiger partial charge in [0, 0.05) is 28.4 Å². The molecule has 4 aliphatic rings. The van der Waals surface area contributed by atoms with Crippen molar-refractivity contribution in [2.75, 3.05) is 0 Å². The number of carbonyl (C=O) groups is 2. The average molecular weight is 455 g/mol. The van der Waals surface area contributed by atoms with Crippen LogP contribution in [0.2, 0.25) is 5.02 Å². The van der Waals surface area contributed by atoms with Crippen LogP contribution < -0.4 is 5.32 Å². The van der Waals surface area contributed by atoms with E-state index < -0.39 is 11.7 Å². The molecule has 1 heterocycles. The van der Waals surface area contributed by atoms with Crippen LogP contribution in [0.25, 0.3) is 11.1 Å². The summed E-state index contributed by atoms with van der Waals surface area (Å²) in [7, 11) is 0. The van der Waals surface area contributed by atoms with E-state index in [1.165, 1.54) is 36.7 Å². The predicted molar refractivity (Wildman–Crippen MR) is 125 cm³/mol. The zero-order valence-electron chi connectivity index (χ0n) is 18.9. The van der Waals surface area contributed by atoms with Gasteiger partial charge in [-0.3, -0.25) is 4.79 Å². The van der Waals surface area contributed by atoms with Gasteiger partial charge in [-0.05, 0) is 88.7 Å². The van der Waals surface area contributed by atoms with Crippen LogP contribution in [-0.2, 0) is 4.74 Å². The van der Waals surface area contributed by atoms with Crippen LogP contribution in [0, 0.1) is 23.7 Å². The first-order chi connectivity index (χ1) is 15.2. The van der Waals surface area contributed by atoms with E-state index in [2.05, 4.69) is 5.32 Å². The highest BCUT2D eigenvalue weighted by Crippen LogP contribution is 2.53. The van der Waals surface area contributed by atoms with Gasteiger partial charge in [0.2, 0.25) is 0 Å². The molecular formula is C26H31ClN2O3. The largest absolute Gasteiger partial charge is 0.443 e. The fraction of sp³-hybridized carbons (Fsp3) is 0.538. The summed E-state index contributed by atoms with van der Waals surface area (Å²) in [6.45, 7) is 5.45. The minimum absolute atomic E-state index is 0.195. The molecule has 6 rings (SSSR count). The van der Waals surface area contributed by atoms with Crippen LogP contribution in [0.3, 0.4) is 0 Å². The first-order valence-corrected chi connectivity index (χ1v) is 12.1. The minimum atomic E-state index is -0.666. The van der Waals surface area contributed by atoms with E-state index in [4.69, 9.17) is 16.3 Å². The molecule has 0 saturated heterocycles. The summed E-state index contributed by atoms with van der Waals surface area (Å²) in [5.74, 6) is 2.57. The Morgan fingerprint density at radius 3 is 2.25 bits per heavy atom. The third-order valence-electron chi connectivity index (χ3n) is 7.35. The third kappa shape index (κ3) is 4.07. The number of benzene rings is 1. The number of amides is 1. The lowest BCUT2D eigenvalue weighted by atomic mass is 9.54. The van der Waals surface area contributed by atoms with Crippen molar-refractivity contribution in [3.8, 4) is 11.1 Å². The van der Waals surface area contributed by atoms with Crippen LogP contribution in [-0.4, -0.2) is 28.2 Å². The van der Waals surface area contributed by atoms with Gasteiger partial charge in [-0.2, -0.15) is 0 Å². The topological polar surface area (TPSA) is 60.3 Å². The number of rotatable bonds is 3. The molecule has 170 valence electrons. The van der Waals surface area contributed by atoms with Crippen LogP contribution in [0.15, 0.2) is 36.5 Å². The molecule has 1 aromatic heterocycles. The molecule has 0 spiro atoms. The molecule has 32 heavy (non-hydrogen) atoms. The molecule has 1 amide bonds. The molecular weight excluding hydrogens is 424 g/mol. The molecule has 0 aliphatic heterocycles. The average Bonchev–Trinajstić information content (AvgIpc) is 3.15. The van der Waals surface area contributed by atoms with Gasteiger partial charge >= 0.3 is 6.09 Å². The molecule has 1 N–H and O–H groups in total. The Hall–Kier alpha value is -2.27. The molecule has 2 aromatic rings. The van der Waals surface area contributed by atoms with Crippen LogP contribution in [0.4, 0.5) is 4.79 Å². The molecule has 4 fully saturated rings. The van der Waals surface area contributed by atoms with Gasteiger partial charge in [0.15, 0.2) is 0 Å². The first kappa shape index (κ1) is 21.6. The molecule has 0 atom stereocenters. The number of aromatic nitrogens is 1. The Bertz CT molecular complexity index is 1020. The summed E-state index contributed by atoms with van der Waals surface area (Å²) in [6, 6.07) is 9.38. The SMILES string of the molecule is CC(C)(C)OC(=O)n1cc(-c2ccccc2Cl)cc1C(=O)NC1C2CC3CC(C2)CC1C3. The third-order valence-corrected chi connectivity index (χ3v) is 7.68. The Balaban J connectivity index is 1.45. The number of ether oxygens (including phenoxy) is 1. The second-order valence-corrected chi connectivity index (χ2v) is 11.3. The lowest BCUT2D eigenvalue weighted by molar-refractivity contribution is -0.0121. The van der Waals surface area contributed by atoms with Gasteiger partial charge in [0.05, 0.1) is 0 Å².